The van der Waals surface area contributed by atoms with Crippen LogP contribution >= 0.6 is 35.6 Å². The van der Waals surface area contributed by atoms with Crippen molar-refractivity contribution in [3.05, 3.63) is 29.3 Å². The lowest BCUT2D eigenvalue weighted by atomic mass is 10.2. The van der Waals surface area contributed by atoms with Gasteiger partial charge in [0, 0.05) is 50.0 Å². The fourth-order valence-electron chi connectivity index (χ4n) is 2.40. The standard InChI is InChI=1S/C14H22ClN5.HI/c15-12-3-1-4-13(11-12)20-9-7-19(8-10-20)6-2-5-18-14(16)17;/h1,3-4,11H,2,5-10H2,(H4,16,17,18);1H. The zero-order chi connectivity index (χ0) is 14.4. The van der Waals surface area contributed by atoms with Crippen LogP contribution in [0.3, 0.4) is 0 Å². The Morgan fingerprint density at radius 3 is 2.52 bits per heavy atom. The minimum atomic E-state index is 0. The smallest absolute Gasteiger partial charge is 0.185 e. The summed E-state index contributed by atoms with van der Waals surface area (Å²) in [5.41, 5.74) is 11.8. The second-order valence-electron chi connectivity index (χ2n) is 4.97. The minimum absolute atomic E-state index is 0. The topological polar surface area (TPSA) is 70.9 Å². The van der Waals surface area contributed by atoms with Crippen molar-refractivity contribution < 1.29 is 0 Å². The van der Waals surface area contributed by atoms with Crippen LogP contribution in [0.1, 0.15) is 6.42 Å². The van der Waals surface area contributed by atoms with E-state index in [9.17, 15) is 0 Å². The zero-order valence-electron chi connectivity index (χ0n) is 12.0. The maximum Gasteiger partial charge on any atom is 0.185 e. The molecular formula is C14H23ClIN5. The van der Waals surface area contributed by atoms with Crippen LogP contribution in [-0.2, 0) is 0 Å². The molecule has 1 aromatic rings. The van der Waals surface area contributed by atoms with E-state index >= 15 is 0 Å². The van der Waals surface area contributed by atoms with Crippen LogP contribution in [0.5, 0.6) is 0 Å². The summed E-state index contributed by atoms with van der Waals surface area (Å²) in [5, 5.41) is 0.794. The molecular weight excluding hydrogens is 401 g/mol. The number of benzene rings is 1. The summed E-state index contributed by atoms with van der Waals surface area (Å²) in [4.78, 5) is 8.82. The van der Waals surface area contributed by atoms with Gasteiger partial charge >= 0.3 is 0 Å². The van der Waals surface area contributed by atoms with Crippen molar-refractivity contribution in [2.75, 3.05) is 44.2 Å². The van der Waals surface area contributed by atoms with Crippen molar-refractivity contribution in [2.24, 2.45) is 16.5 Å². The van der Waals surface area contributed by atoms with Crippen molar-refractivity contribution in [1.82, 2.24) is 4.90 Å². The second kappa shape index (κ2) is 9.32. The molecule has 118 valence electrons. The third-order valence-electron chi connectivity index (χ3n) is 3.47. The minimum Gasteiger partial charge on any atom is -0.370 e. The molecule has 0 spiro atoms. The third kappa shape index (κ3) is 6.27. The molecule has 0 aromatic heterocycles. The summed E-state index contributed by atoms with van der Waals surface area (Å²) in [5.74, 6) is 0.177. The fourth-order valence-corrected chi connectivity index (χ4v) is 2.59. The zero-order valence-corrected chi connectivity index (χ0v) is 15.1. The predicted molar refractivity (Wildman–Crippen MR) is 101 cm³/mol. The molecule has 4 N–H and O–H groups in total. The molecule has 1 aliphatic rings. The number of anilines is 1. The van der Waals surface area contributed by atoms with E-state index in [1.54, 1.807) is 0 Å². The van der Waals surface area contributed by atoms with Crippen molar-refractivity contribution in [2.45, 2.75) is 6.42 Å². The van der Waals surface area contributed by atoms with Crippen LogP contribution in [0, 0.1) is 0 Å². The van der Waals surface area contributed by atoms with E-state index in [4.69, 9.17) is 23.1 Å². The van der Waals surface area contributed by atoms with Gasteiger partial charge in [0.25, 0.3) is 0 Å². The van der Waals surface area contributed by atoms with Crippen LogP contribution in [0.25, 0.3) is 0 Å². The maximum absolute atomic E-state index is 6.03. The van der Waals surface area contributed by atoms with Crippen LogP contribution in [-0.4, -0.2) is 50.1 Å². The largest absolute Gasteiger partial charge is 0.370 e. The molecule has 0 saturated carbocycles. The van der Waals surface area contributed by atoms with Gasteiger partial charge in [-0.25, -0.2) is 0 Å². The summed E-state index contributed by atoms with van der Waals surface area (Å²) < 4.78 is 0. The number of halogens is 2. The SMILES string of the molecule is I.NC(N)=NCCCN1CCN(c2cccc(Cl)c2)CC1. The van der Waals surface area contributed by atoms with Gasteiger partial charge < -0.3 is 16.4 Å². The highest BCUT2D eigenvalue weighted by molar-refractivity contribution is 14.0. The number of aliphatic imine (C=N–C) groups is 1. The average molecular weight is 424 g/mol. The summed E-state index contributed by atoms with van der Waals surface area (Å²) in [6.07, 6.45) is 0.995. The molecule has 0 unspecified atom stereocenters. The summed E-state index contributed by atoms with van der Waals surface area (Å²) in [6, 6.07) is 8.04. The summed E-state index contributed by atoms with van der Waals surface area (Å²) >= 11 is 6.03. The Bertz CT molecular complexity index is 456. The van der Waals surface area contributed by atoms with E-state index < -0.39 is 0 Å². The molecule has 1 aliphatic heterocycles. The quantitative estimate of drug-likeness (QED) is 0.328. The normalized spacial score (nSPS) is 15.4. The van der Waals surface area contributed by atoms with Gasteiger partial charge in [0.05, 0.1) is 0 Å². The van der Waals surface area contributed by atoms with Gasteiger partial charge in [0.1, 0.15) is 0 Å². The lowest BCUT2D eigenvalue weighted by Crippen LogP contribution is -2.46. The summed E-state index contributed by atoms with van der Waals surface area (Å²) in [7, 11) is 0. The Hall–Kier alpha value is -0.730. The number of nitrogens with zero attached hydrogens (tertiary/aromatic N) is 3. The number of guanidine groups is 1. The van der Waals surface area contributed by atoms with Crippen LogP contribution in [0.2, 0.25) is 5.02 Å². The molecule has 0 atom stereocenters. The Kier molecular flexibility index (Phi) is 8.13. The first kappa shape index (κ1) is 18.3. The highest BCUT2D eigenvalue weighted by Gasteiger charge is 2.16. The average Bonchev–Trinajstić information content (AvgIpc) is 2.44. The van der Waals surface area contributed by atoms with Gasteiger partial charge in [-0.1, -0.05) is 17.7 Å². The van der Waals surface area contributed by atoms with Gasteiger partial charge in [-0.05, 0) is 24.6 Å². The van der Waals surface area contributed by atoms with Crippen molar-refractivity contribution in [1.29, 1.82) is 0 Å². The monoisotopic (exact) mass is 423 g/mol. The van der Waals surface area contributed by atoms with E-state index in [1.165, 1.54) is 5.69 Å². The second-order valence-corrected chi connectivity index (χ2v) is 5.41. The molecule has 0 radical (unpaired) electrons. The van der Waals surface area contributed by atoms with E-state index in [0.29, 0.717) is 6.54 Å². The van der Waals surface area contributed by atoms with Gasteiger partial charge in [0.2, 0.25) is 0 Å². The van der Waals surface area contributed by atoms with Gasteiger partial charge in [-0.15, -0.1) is 24.0 Å². The van der Waals surface area contributed by atoms with Crippen LogP contribution < -0.4 is 16.4 Å². The fraction of sp³-hybridized carbons (Fsp3) is 0.500. The molecule has 1 heterocycles. The Balaban J connectivity index is 0.00000220. The molecule has 1 fully saturated rings. The number of hydrogen-bond acceptors (Lipinski definition) is 3. The van der Waals surface area contributed by atoms with E-state index in [-0.39, 0.29) is 29.9 Å². The molecule has 5 nitrogen and oxygen atoms in total. The molecule has 0 aliphatic carbocycles. The Morgan fingerprint density at radius 2 is 1.90 bits per heavy atom. The molecule has 1 saturated heterocycles. The molecule has 21 heavy (non-hydrogen) atoms. The molecule has 1 aromatic carbocycles. The third-order valence-corrected chi connectivity index (χ3v) is 3.71. The first-order valence-corrected chi connectivity index (χ1v) is 7.31. The van der Waals surface area contributed by atoms with Crippen molar-refractivity contribution >= 4 is 47.2 Å². The van der Waals surface area contributed by atoms with Crippen molar-refractivity contribution in [3.8, 4) is 0 Å². The predicted octanol–water partition coefficient (Wildman–Crippen LogP) is 1.74. The molecule has 0 amide bonds. The lowest BCUT2D eigenvalue weighted by Gasteiger charge is -2.36. The maximum atomic E-state index is 6.03. The lowest BCUT2D eigenvalue weighted by molar-refractivity contribution is 0.256. The van der Waals surface area contributed by atoms with Gasteiger partial charge in [-0.2, -0.15) is 0 Å². The first-order valence-electron chi connectivity index (χ1n) is 6.93. The van der Waals surface area contributed by atoms with E-state index in [2.05, 4.69) is 20.9 Å². The molecule has 2 rings (SSSR count). The first-order chi connectivity index (χ1) is 9.65. The molecule has 7 heteroatoms. The van der Waals surface area contributed by atoms with E-state index in [0.717, 1.165) is 44.2 Å². The number of rotatable bonds is 5. The number of hydrogen-bond donors (Lipinski definition) is 2. The van der Waals surface area contributed by atoms with Gasteiger partial charge in [-0.3, -0.25) is 9.89 Å². The Morgan fingerprint density at radius 1 is 1.19 bits per heavy atom. The van der Waals surface area contributed by atoms with Crippen molar-refractivity contribution in [3.63, 3.8) is 0 Å². The number of piperazine rings is 1. The van der Waals surface area contributed by atoms with Crippen LogP contribution in [0.4, 0.5) is 5.69 Å². The highest BCUT2D eigenvalue weighted by atomic mass is 127. The molecule has 0 bridgehead atoms. The van der Waals surface area contributed by atoms with Crippen LogP contribution in [0.15, 0.2) is 29.3 Å². The van der Waals surface area contributed by atoms with Gasteiger partial charge in [0.15, 0.2) is 5.96 Å². The Labute approximate surface area is 148 Å². The highest BCUT2D eigenvalue weighted by Crippen LogP contribution is 2.20. The van der Waals surface area contributed by atoms with E-state index in [1.807, 2.05) is 18.2 Å². The number of nitrogens with two attached hydrogens (primary N) is 2. The summed E-state index contributed by atoms with van der Waals surface area (Å²) in [6.45, 7) is 5.94.